The lowest BCUT2D eigenvalue weighted by molar-refractivity contribution is -0.128. The highest BCUT2D eigenvalue weighted by molar-refractivity contribution is 9.10. The van der Waals surface area contributed by atoms with E-state index in [1.165, 1.54) is 25.7 Å². The van der Waals surface area contributed by atoms with Crippen LogP contribution in [0.2, 0.25) is 0 Å². The van der Waals surface area contributed by atoms with Gasteiger partial charge in [-0.3, -0.25) is 9.59 Å². The first kappa shape index (κ1) is 11.9. The molecule has 0 aromatic heterocycles. The van der Waals surface area contributed by atoms with Crippen molar-refractivity contribution in [2.75, 3.05) is 0 Å². The molecule has 0 saturated heterocycles. The van der Waals surface area contributed by atoms with Crippen LogP contribution in [0.25, 0.3) is 0 Å². The largest absolute Gasteiger partial charge is 0.298 e. The normalized spacial score (nSPS) is 59.9. The summed E-state index contributed by atoms with van der Waals surface area (Å²) in [6, 6.07) is 0. The number of carbonyl (C=O) groups is 2. The Bertz CT molecular complexity index is 470. The zero-order valence-electron chi connectivity index (χ0n) is 10.5. The third-order valence-electron chi connectivity index (χ3n) is 7.17. The van der Waals surface area contributed by atoms with E-state index in [9.17, 15) is 9.59 Å². The van der Waals surface area contributed by atoms with Crippen molar-refractivity contribution < 1.29 is 9.59 Å². The molecule has 5 aliphatic carbocycles. The molecule has 0 amide bonds. The summed E-state index contributed by atoms with van der Waals surface area (Å²) in [5.74, 6) is 2.69. The van der Waals surface area contributed by atoms with Gasteiger partial charge in [-0.25, -0.2) is 0 Å². The highest BCUT2D eigenvalue weighted by Crippen LogP contribution is 2.80. The highest BCUT2D eigenvalue weighted by atomic mass is 79.9. The number of carbonyl (C=O) groups excluding carboxylic acids is 2. The van der Waals surface area contributed by atoms with Crippen LogP contribution in [0.5, 0.6) is 0 Å². The molecular weight excluding hydrogens is 372 g/mol. The Balaban J connectivity index is 1.76. The van der Waals surface area contributed by atoms with Crippen LogP contribution in [0.4, 0.5) is 0 Å². The number of Topliss-reactive ketones (excluding diaryl/α,β-unsaturated/α-hetero) is 2. The second-order valence-electron chi connectivity index (χ2n) is 7.31. The van der Waals surface area contributed by atoms with Gasteiger partial charge in [0.2, 0.25) is 0 Å². The Morgan fingerprint density at radius 2 is 1.26 bits per heavy atom. The molecule has 102 valence electrons. The third kappa shape index (κ3) is 1.01. The van der Waals surface area contributed by atoms with Gasteiger partial charge in [0.05, 0.1) is 9.65 Å². The van der Waals surface area contributed by atoms with Gasteiger partial charge in [0.15, 0.2) is 11.6 Å². The molecule has 5 rings (SSSR count). The molecule has 4 heteroatoms. The van der Waals surface area contributed by atoms with E-state index in [2.05, 4.69) is 31.9 Å². The average Bonchev–Trinajstić information content (AvgIpc) is 3.13. The second kappa shape index (κ2) is 3.37. The molecule has 5 saturated carbocycles. The Labute approximate surface area is 129 Å². The maximum absolute atomic E-state index is 12.6. The lowest BCUT2D eigenvalue weighted by Crippen LogP contribution is -2.29. The number of ketones is 2. The predicted octanol–water partition coefficient (Wildman–Crippen LogP) is 2.96. The van der Waals surface area contributed by atoms with Crippen LogP contribution in [0.1, 0.15) is 25.7 Å². The molecule has 5 aliphatic rings. The van der Waals surface area contributed by atoms with Crippen LogP contribution in [0.3, 0.4) is 0 Å². The van der Waals surface area contributed by atoms with E-state index < -0.39 is 0 Å². The quantitative estimate of drug-likeness (QED) is 0.599. The molecule has 0 N–H and O–H groups in total. The predicted molar refractivity (Wildman–Crippen MR) is 77.3 cm³/mol. The second-order valence-corrected chi connectivity index (χ2v) is 9.28. The lowest BCUT2D eigenvalue weighted by atomic mass is 9.74. The van der Waals surface area contributed by atoms with Crippen molar-refractivity contribution >= 4 is 43.4 Å². The van der Waals surface area contributed by atoms with Crippen molar-refractivity contribution in [2.24, 2.45) is 40.9 Å². The van der Waals surface area contributed by atoms with Crippen LogP contribution in [-0.2, 0) is 9.59 Å². The van der Waals surface area contributed by atoms with Crippen molar-refractivity contribution in [3.63, 3.8) is 0 Å². The van der Waals surface area contributed by atoms with Gasteiger partial charge in [-0.2, -0.15) is 0 Å². The first-order valence-corrected chi connectivity index (χ1v) is 9.28. The maximum atomic E-state index is 12.6. The molecule has 5 fully saturated rings. The molecule has 8 atom stereocenters. The molecule has 2 nitrogen and oxygen atoms in total. The van der Waals surface area contributed by atoms with E-state index in [0.717, 1.165) is 0 Å². The first-order valence-electron chi connectivity index (χ1n) is 7.45. The molecule has 0 aliphatic heterocycles. The number of hydrogen-bond acceptors (Lipinski definition) is 2. The molecule has 8 unspecified atom stereocenters. The fourth-order valence-electron chi connectivity index (χ4n) is 7.02. The van der Waals surface area contributed by atoms with E-state index in [-0.39, 0.29) is 21.5 Å². The summed E-state index contributed by atoms with van der Waals surface area (Å²) >= 11 is 7.35. The topological polar surface area (TPSA) is 34.1 Å². The van der Waals surface area contributed by atoms with Gasteiger partial charge >= 0.3 is 0 Å². The van der Waals surface area contributed by atoms with Crippen LogP contribution >= 0.6 is 31.9 Å². The molecule has 0 aromatic rings. The summed E-state index contributed by atoms with van der Waals surface area (Å²) in [5.41, 5.74) is 0.348. The van der Waals surface area contributed by atoms with Crippen molar-refractivity contribution in [2.45, 2.75) is 35.3 Å². The minimum atomic E-state index is 0.0214. The van der Waals surface area contributed by atoms with E-state index in [1.807, 2.05) is 0 Å². The van der Waals surface area contributed by atoms with Crippen molar-refractivity contribution in [1.82, 2.24) is 0 Å². The third-order valence-corrected chi connectivity index (χ3v) is 9.30. The Kier molecular flexibility index (Phi) is 2.11. The molecule has 0 aromatic carbocycles. The monoisotopic (exact) mass is 386 g/mol. The molecule has 0 heterocycles. The Hall–Kier alpha value is 0.300. The molecule has 19 heavy (non-hydrogen) atoms. The first-order chi connectivity index (χ1) is 9.09. The van der Waals surface area contributed by atoms with Gasteiger partial charge in [0.1, 0.15) is 0 Å². The van der Waals surface area contributed by atoms with Crippen molar-refractivity contribution in [3.8, 4) is 0 Å². The van der Waals surface area contributed by atoms with E-state index >= 15 is 0 Å². The van der Waals surface area contributed by atoms with Gasteiger partial charge < -0.3 is 0 Å². The van der Waals surface area contributed by atoms with Crippen LogP contribution in [0.15, 0.2) is 0 Å². The Morgan fingerprint density at radius 3 is 1.68 bits per heavy atom. The Morgan fingerprint density at radius 1 is 0.842 bits per heavy atom. The van der Waals surface area contributed by atoms with Crippen molar-refractivity contribution in [1.29, 1.82) is 0 Å². The van der Waals surface area contributed by atoms with Crippen LogP contribution < -0.4 is 0 Å². The molecular formula is C15H16Br2O2. The van der Waals surface area contributed by atoms with Gasteiger partial charge in [0.25, 0.3) is 0 Å². The zero-order valence-corrected chi connectivity index (χ0v) is 13.7. The van der Waals surface area contributed by atoms with Gasteiger partial charge in [-0.15, -0.1) is 0 Å². The van der Waals surface area contributed by atoms with E-state index in [0.29, 0.717) is 40.7 Å². The lowest BCUT2D eigenvalue weighted by Gasteiger charge is -2.30. The minimum absolute atomic E-state index is 0.0214. The van der Waals surface area contributed by atoms with Crippen LogP contribution in [0, 0.1) is 40.9 Å². The zero-order chi connectivity index (χ0) is 13.1. The van der Waals surface area contributed by atoms with E-state index in [4.69, 9.17) is 0 Å². The number of rotatable bonds is 0. The maximum Gasteiger partial charge on any atom is 0.150 e. The summed E-state index contributed by atoms with van der Waals surface area (Å²) in [5, 5.41) is 0. The van der Waals surface area contributed by atoms with Crippen LogP contribution in [-0.4, -0.2) is 21.2 Å². The molecule has 2 bridgehead atoms. The van der Waals surface area contributed by atoms with Gasteiger partial charge in [0, 0.05) is 11.8 Å². The SMILES string of the molecule is O=C1C(Br)C2C3C(Br)C(=O)C4C1C2C1(CCCC1)C43. The van der Waals surface area contributed by atoms with Crippen molar-refractivity contribution in [3.05, 3.63) is 0 Å². The number of hydrogen-bond donors (Lipinski definition) is 0. The summed E-state index contributed by atoms with van der Waals surface area (Å²) in [6.45, 7) is 0. The standard InChI is InChI=1S/C15H16Br2O2/c16-11-5-6-10-8(14(19)12(6)17)7(13(11)18)9(5)15(10)3-1-2-4-15/h5-12H,1-4H2. The summed E-state index contributed by atoms with van der Waals surface area (Å²) < 4.78 is 0. The number of halogens is 2. The molecule has 0 radical (unpaired) electrons. The fraction of sp³-hybridized carbons (Fsp3) is 0.867. The summed E-state index contributed by atoms with van der Waals surface area (Å²) in [6.07, 6.45) is 5.13. The highest BCUT2D eigenvalue weighted by Gasteiger charge is 2.82. The smallest absolute Gasteiger partial charge is 0.150 e. The summed E-state index contributed by atoms with van der Waals surface area (Å²) in [7, 11) is 0. The minimum Gasteiger partial charge on any atom is -0.298 e. The summed E-state index contributed by atoms with van der Waals surface area (Å²) in [4.78, 5) is 25.2. The average molecular weight is 388 g/mol. The number of fused-ring (bicyclic) bond motifs is 2. The fourth-order valence-corrected chi connectivity index (χ4v) is 8.99. The number of alkyl halides is 2. The van der Waals surface area contributed by atoms with Gasteiger partial charge in [-0.05, 0) is 41.9 Å². The molecule has 1 spiro atoms. The van der Waals surface area contributed by atoms with Gasteiger partial charge in [-0.1, -0.05) is 44.7 Å². The van der Waals surface area contributed by atoms with E-state index in [1.54, 1.807) is 0 Å².